The third kappa shape index (κ3) is 5.06. The molecule has 1 aromatic heterocycles. The molecule has 0 aliphatic heterocycles. The Morgan fingerprint density at radius 3 is 2.52 bits per heavy atom. The van der Waals surface area contributed by atoms with Gasteiger partial charge in [-0.05, 0) is 6.07 Å². The molecule has 146 valence electrons. The summed E-state index contributed by atoms with van der Waals surface area (Å²) < 4.78 is 25.3. The van der Waals surface area contributed by atoms with Crippen molar-refractivity contribution in [3.8, 4) is 17.3 Å². The van der Waals surface area contributed by atoms with Crippen LogP contribution in [0.4, 0.5) is 11.6 Å². The van der Waals surface area contributed by atoms with Gasteiger partial charge in [-0.15, -0.1) is 0 Å². The maximum atomic E-state index is 12.2. The number of para-hydroxylation sites is 1. The lowest BCUT2D eigenvalue weighted by molar-refractivity contribution is 0.607. The molecule has 0 atom stereocenters. The highest BCUT2D eigenvalue weighted by Crippen LogP contribution is 2.19. The van der Waals surface area contributed by atoms with Crippen LogP contribution in [0.2, 0.25) is 0 Å². The summed E-state index contributed by atoms with van der Waals surface area (Å²) in [6.07, 6.45) is 2.43. The summed E-state index contributed by atoms with van der Waals surface area (Å²) in [7, 11) is -3.45. The van der Waals surface area contributed by atoms with Gasteiger partial charge in [0.05, 0.1) is 23.9 Å². The van der Waals surface area contributed by atoms with Gasteiger partial charge in [0.25, 0.3) is 5.56 Å². The second-order valence-corrected chi connectivity index (χ2v) is 7.70. The Labute approximate surface area is 166 Å². The first kappa shape index (κ1) is 19.8. The number of H-pyrrole nitrogens is 1. The third-order valence-corrected chi connectivity index (χ3v) is 4.30. The maximum absolute atomic E-state index is 12.2. The van der Waals surface area contributed by atoms with Gasteiger partial charge in [0.15, 0.2) is 0 Å². The van der Waals surface area contributed by atoms with Crippen LogP contribution in [-0.4, -0.2) is 30.9 Å². The van der Waals surface area contributed by atoms with Crippen molar-refractivity contribution in [1.82, 2.24) is 9.97 Å². The first-order valence-corrected chi connectivity index (χ1v) is 10.2. The summed E-state index contributed by atoms with van der Waals surface area (Å²) >= 11 is 0. The van der Waals surface area contributed by atoms with Gasteiger partial charge in [0, 0.05) is 11.1 Å². The molecule has 0 bridgehead atoms. The normalized spacial score (nSPS) is 11.2. The zero-order valence-corrected chi connectivity index (χ0v) is 16.1. The van der Waals surface area contributed by atoms with E-state index in [2.05, 4.69) is 25.2 Å². The predicted octanol–water partition coefficient (Wildman–Crippen LogP) is 2.13. The van der Waals surface area contributed by atoms with Crippen LogP contribution >= 0.6 is 0 Å². The summed E-state index contributed by atoms with van der Waals surface area (Å²) in [6.45, 7) is 0. The van der Waals surface area contributed by atoms with Gasteiger partial charge >= 0.3 is 0 Å². The van der Waals surface area contributed by atoms with Gasteiger partial charge in [-0.2, -0.15) is 10.4 Å². The molecule has 0 spiro atoms. The molecule has 0 fully saturated rings. The highest BCUT2D eigenvalue weighted by Gasteiger charge is 2.13. The number of aromatic amines is 1. The molecule has 29 heavy (non-hydrogen) atoms. The average Bonchev–Trinajstić information content (AvgIpc) is 2.68. The lowest BCUT2D eigenvalue weighted by Crippen LogP contribution is -2.16. The van der Waals surface area contributed by atoms with Crippen LogP contribution in [0.3, 0.4) is 0 Å². The van der Waals surface area contributed by atoms with Gasteiger partial charge < -0.3 is 0 Å². The summed E-state index contributed by atoms with van der Waals surface area (Å²) in [4.78, 5) is 18.9. The number of anilines is 2. The second-order valence-electron chi connectivity index (χ2n) is 5.95. The van der Waals surface area contributed by atoms with Crippen molar-refractivity contribution in [3.05, 3.63) is 76.1 Å². The first-order valence-electron chi connectivity index (χ1n) is 8.33. The van der Waals surface area contributed by atoms with Gasteiger partial charge in [0.1, 0.15) is 11.6 Å². The maximum Gasteiger partial charge on any atom is 0.270 e. The zero-order chi connectivity index (χ0) is 20.9. The van der Waals surface area contributed by atoms with Gasteiger partial charge in [-0.25, -0.2) is 18.8 Å². The monoisotopic (exact) mass is 408 g/mol. The number of hydrazone groups is 1. The molecule has 0 aliphatic rings. The van der Waals surface area contributed by atoms with E-state index >= 15 is 0 Å². The van der Waals surface area contributed by atoms with Crippen molar-refractivity contribution in [2.75, 3.05) is 16.4 Å². The number of sulfonamides is 1. The fourth-order valence-corrected chi connectivity index (χ4v) is 3.09. The molecule has 9 nitrogen and oxygen atoms in total. The van der Waals surface area contributed by atoms with Crippen molar-refractivity contribution in [2.24, 2.45) is 5.10 Å². The number of hydrogen-bond acceptors (Lipinski definition) is 7. The van der Waals surface area contributed by atoms with Gasteiger partial charge in [0.2, 0.25) is 16.0 Å². The van der Waals surface area contributed by atoms with Gasteiger partial charge in [-0.3, -0.25) is 14.5 Å². The Morgan fingerprint density at radius 2 is 1.83 bits per heavy atom. The van der Waals surface area contributed by atoms with E-state index in [0.29, 0.717) is 16.8 Å². The van der Waals surface area contributed by atoms with E-state index in [9.17, 15) is 18.5 Å². The molecule has 0 saturated carbocycles. The van der Waals surface area contributed by atoms with Crippen molar-refractivity contribution in [3.63, 3.8) is 0 Å². The molecular formula is C19H16N6O3S. The molecular weight excluding hydrogens is 392 g/mol. The van der Waals surface area contributed by atoms with Crippen LogP contribution in [0, 0.1) is 11.3 Å². The number of benzene rings is 2. The quantitative estimate of drug-likeness (QED) is 0.422. The molecule has 3 N–H and O–H groups in total. The fraction of sp³-hybridized carbons (Fsp3) is 0.0526. The van der Waals surface area contributed by atoms with Crippen molar-refractivity contribution >= 4 is 27.9 Å². The Balaban J connectivity index is 1.90. The highest BCUT2D eigenvalue weighted by molar-refractivity contribution is 7.92. The van der Waals surface area contributed by atoms with Gasteiger partial charge in [-0.1, -0.05) is 48.5 Å². The van der Waals surface area contributed by atoms with E-state index in [-0.39, 0.29) is 17.2 Å². The minimum absolute atomic E-state index is 0.0395. The molecule has 2 aromatic carbocycles. The van der Waals surface area contributed by atoms with E-state index in [4.69, 9.17) is 0 Å². The van der Waals surface area contributed by atoms with E-state index in [1.54, 1.807) is 48.5 Å². The fourth-order valence-electron chi connectivity index (χ4n) is 2.50. The summed E-state index contributed by atoms with van der Waals surface area (Å²) in [5.74, 6) is 0.0395. The molecule has 0 unspecified atom stereocenters. The summed E-state index contributed by atoms with van der Waals surface area (Å²) in [5.41, 5.74) is 3.60. The minimum Gasteiger partial charge on any atom is -0.290 e. The van der Waals surface area contributed by atoms with E-state index < -0.39 is 15.6 Å². The Morgan fingerprint density at radius 1 is 1.14 bits per heavy atom. The third-order valence-electron chi connectivity index (χ3n) is 3.71. The van der Waals surface area contributed by atoms with Crippen LogP contribution in [0.5, 0.6) is 0 Å². The standard InChI is InChI=1S/C19H16N6O3S/c1-29(27,28)25-16-10-6-5-9-14(16)12-21-24-19-22-17(13-7-3-2-4-8-13)15(11-20)18(26)23-19/h2-10,12,25H,1H3,(H2,22,23,24,26). The number of nitriles is 1. The Hall–Kier alpha value is -3.97. The lowest BCUT2D eigenvalue weighted by atomic mass is 10.1. The molecule has 0 aliphatic carbocycles. The SMILES string of the molecule is CS(=O)(=O)Nc1ccccc1C=NNc1nc(-c2ccccc2)c(C#N)c(=O)[nH]1. The number of rotatable bonds is 6. The van der Waals surface area contributed by atoms with E-state index in [0.717, 1.165) is 6.26 Å². The van der Waals surface area contributed by atoms with Crippen LogP contribution in [0.25, 0.3) is 11.3 Å². The molecule has 0 saturated heterocycles. The molecule has 3 rings (SSSR count). The predicted molar refractivity (Wildman–Crippen MR) is 111 cm³/mol. The van der Waals surface area contributed by atoms with Crippen molar-refractivity contribution < 1.29 is 8.42 Å². The minimum atomic E-state index is -3.45. The Kier molecular flexibility index (Phi) is 5.71. The second kappa shape index (κ2) is 8.37. The largest absolute Gasteiger partial charge is 0.290 e. The molecule has 1 heterocycles. The topological polar surface area (TPSA) is 140 Å². The van der Waals surface area contributed by atoms with Crippen LogP contribution in [0.1, 0.15) is 11.1 Å². The smallest absolute Gasteiger partial charge is 0.270 e. The van der Waals surface area contributed by atoms with Crippen molar-refractivity contribution in [1.29, 1.82) is 5.26 Å². The summed E-state index contributed by atoms with van der Waals surface area (Å²) in [6, 6.07) is 17.4. The molecule has 3 aromatic rings. The highest BCUT2D eigenvalue weighted by atomic mass is 32.2. The van der Waals surface area contributed by atoms with Crippen molar-refractivity contribution in [2.45, 2.75) is 0 Å². The lowest BCUT2D eigenvalue weighted by Gasteiger charge is -2.07. The number of aromatic nitrogens is 2. The average molecular weight is 408 g/mol. The zero-order valence-electron chi connectivity index (χ0n) is 15.2. The molecule has 10 heteroatoms. The number of hydrogen-bond donors (Lipinski definition) is 3. The van der Waals surface area contributed by atoms with Crippen LogP contribution < -0.4 is 15.7 Å². The van der Waals surface area contributed by atoms with E-state index in [1.807, 2.05) is 12.1 Å². The molecule has 0 amide bonds. The van der Waals surface area contributed by atoms with E-state index in [1.165, 1.54) is 6.21 Å². The Bertz CT molecular complexity index is 1260. The number of nitrogens with zero attached hydrogens (tertiary/aromatic N) is 3. The van der Waals surface area contributed by atoms with Crippen LogP contribution in [-0.2, 0) is 10.0 Å². The van der Waals surface area contributed by atoms with Crippen LogP contribution in [0.15, 0.2) is 64.5 Å². The summed E-state index contributed by atoms with van der Waals surface area (Å²) in [5, 5.41) is 13.3. The number of nitrogens with one attached hydrogen (secondary N) is 3. The first-order chi connectivity index (χ1) is 13.9. The molecule has 0 radical (unpaired) electrons.